The minimum atomic E-state index is -5.69. The Kier molecular flexibility index (Phi) is 8.37. The molecule has 3 amide bonds. The average Bonchev–Trinajstić information content (AvgIpc) is 2.68. The van der Waals surface area contributed by atoms with E-state index in [9.17, 15) is 36.0 Å². The molecular formula is C18H23ClF3N5O6S. The van der Waals surface area contributed by atoms with Crippen molar-refractivity contribution < 1.29 is 40.7 Å². The Hall–Kier alpha value is -2.65. The molecule has 1 aromatic rings. The molecule has 190 valence electrons. The van der Waals surface area contributed by atoms with Gasteiger partial charge in [0, 0.05) is 19.3 Å². The quantitative estimate of drug-likeness (QED) is 0.502. The van der Waals surface area contributed by atoms with E-state index in [1.54, 1.807) is 20.8 Å². The van der Waals surface area contributed by atoms with Gasteiger partial charge < -0.3 is 20.7 Å². The summed E-state index contributed by atoms with van der Waals surface area (Å²) in [7, 11) is -5.69. The SMILES string of the molecule is CC(C)(C)OC(=O)N[C@@H]1CN(S(=O)(=O)C(F)(F)F)CC[C@@H]1NC(=O)C(=O)Nc1ccc(Cl)cn1. The number of nitrogens with zero attached hydrogens (tertiary/aromatic N) is 2. The summed E-state index contributed by atoms with van der Waals surface area (Å²) in [4.78, 5) is 40.5. The lowest BCUT2D eigenvalue weighted by molar-refractivity contribution is -0.136. The largest absolute Gasteiger partial charge is 0.511 e. The number of halogens is 4. The van der Waals surface area contributed by atoms with E-state index in [1.165, 1.54) is 18.3 Å². The van der Waals surface area contributed by atoms with Gasteiger partial charge in [-0.2, -0.15) is 17.5 Å². The predicted octanol–water partition coefficient (Wildman–Crippen LogP) is 1.61. The van der Waals surface area contributed by atoms with Crippen LogP contribution in [-0.2, 0) is 24.3 Å². The molecule has 0 radical (unpaired) electrons. The first-order chi connectivity index (χ1) is 15.5. The second-order valence-electron chi connectivity index (χ2n) is 8.25. The van der Waals surface area contributed by atoms with Crippen molar-refractivity contribution in [2.45, 2.75) is 50.4 Å². The Bertz CT molecular complexity index is 1030. The van der Waals surface area contributed by atoms with Crippen molar-refractivity contribution in [1.82, 2.24) is 19.9 Å². The van der Waals surface area contributed by atoms with E-state index in [4.69, 9.17) is 16.3 Å². The minimum Gasteiger partial charge on any atom is -0.444 e. The Morgan fingerprint density at radius 1 is 1.12 bits per heavy atom. The third-order valence-electron chi connectivity index (χ3n) is 4.40. The Labute approximate surface area is 198 Å². The first kappa shape index (κ1) is 27.6. The molecule has 0 unspecified atom stereocenters. The van der Waals surface area contributed by atoms with Gasteiger partial charge in [-0.1, -0.05) is 11.6 Å². The fourth-order valence-corrected chi connectivity index (χ4v) is 4.03. The van der Waals surface area contributed by atoms with Crippen LogP contribution in [0.3, 0.4) is 0 Å². The number of carbonyl (C=O) groups is 3. The van der Waals surface area contributed by atoms with Gasteiger partial charge in [-0.25, -0.2) is 18.2 Å². The van der Waals surface area contributed by atoms with Crippen LogP contribution in [0.2, 0.25) is 5.02 Å². The molecule has 0 aromatic carbocycles. The van der Waals surface area contributed by atoms with E-state index >= 15 is 0 Å². The zero-order valence-electron chi connectivity index (χ0n) is 18.3. The Morgan fingerprint density at radius 2 is 1.76 bits per heavy atom. The van der Waals surface area contributed by atoms with E-state index in [1.807, 2.05) is 0 Å². The lowest BCUT2D eigenvalue weighted by Gasteiger charge is -2.38. The number of hydrogen-bond donors (Lipinski definition) is 3. The van der Waals surface area contributed by atoms with Gasteiger partial charge >= 0.3 is 33.4 Å². The summed E-state index contributed by atoms with van der Waals surface area (Å²) < 4.78 is 67.8. The molecule has 2 atom stereocenters. The van der Waals surface area contributed by atoms with Crippen LogP contribution in [0.1, 0.15) is 27.2 Å². The van der Waals surface area contributed by atoms with E-state index in [0.717, 1.165) is 0 Å². The van der Waals surface area contributed by atoms with Crippen LogP contribution < -0.4 is 16.0 Å². The summed E-state index contributed by atoms with van der Waals surface area (Å²) in [6, 6.07) is 0.343. The average molecular weight is 530 g/mol. The number of carbonyl (C=O) groups excluding carboxylic acids is 3. The van der Waals surface area contributed by atoms with Crippen molar-refractivity contribution >= 4 is 45.3 Å². The second-order valence-corrected chi connectivity index (χ2v) is 10.6. The molecule has 0 bridgehead atoms. The molecule has 0 aliphatic carbocycles. The molecule has 2 heterocycles. The number of hydrogen-bond acceptors (Lipinski definition) is 7. The molecule has 1 fully saturated rings. The van der Waals surface area contributed by atoms with E-state index in [0.29, 0.717) is 5.02 Å². The topological polar surface area (TPSA) is 147 Å². The van der Waals surface area contributed by atoms with E-state index in [2.05, 4.69) is 20.9 Å². The first-order valence-corrected chi connectivity index (χ1v) is 11.6. The van der Waals surface area contributed by atoms with Crippen LogP contribution in [0.25, 0.3) is 0 Å². The molecule has 0 spiro atoms. The molecule has 0 saturated carbocycles. The molecule has 1 saturated heterocycles. The van der Waals surface area contributed by atoms with Crippen LogP contribution in [-0.4, -0.2) is 71.9 Å². The molecule has 1 aliphatic heterocycles. The fourth-order valence-electron chi connectivity index (χ4n) is 2.92. The monoisotopic (exact) mass is 529 g/mol. The van der Waals surface area contributed by atoms with Crippen molar-refractivity contribution in [3.8, 4) is 0 Å². The third-order valence-corrected chi connectivity index (χ3v) is 6.22. The number of aromatic nitrogens is 1. The summed E-state index contributed by atoms with van der Waals surface area (Å²) >= 11 is 5.69. The number of pyridine rings is 1. The van der Waals surface area contributed by atoms with Gasteiger partial charge in [0.2, 0.25) is 0 Å². The highest BCUT2D eigenvalue weighted by Crippen LogP contribution is 2.29. The van der Waals surface area contributed by atoms with Gasteiger partial charge in [-0.05, 0) is 39.3 Å². The standard InChI is InChI=1S/C18H23ClF3N5O6S/c1-17(2,3)33-16(30)25-12-9-27(34(31,32)18(20,21)22)7-6-11(12)24-14(28)15(29)26-13-5-4-10(19)8-23-13/h4-5,8,11-12H,6-7,9H2,1-3H3,(H,24,28)(H,25,30)(H,23,26,29)/t11-,12+/m0/s1. The van der Waals surface area contributed by atoms with Gasteiger partial charge in [-0.3, -0.25) is 9.59 Å². The zero-order valence-corrected chi connectivity index (χ0v) is 19.8. The second kappa shape index (κ2) is 10.3. The highest BCUT2D eigenvalue weighted by atomic mass is 35.5. The highest BCUT2D eigenvalue weighted by molar-refractivity contribution is 7.90. The molecular weight excluding hydrogens is 507 g/mol. The summed E-state index contributed by atoms with van der Waals surface area (Å²) in [6.45, 7) is 3.21. The van der Waals surface area contributed by atoms with Crippen LogP contribution in [0, 0.1) is 0 Å². The molecule has 2 rings (SSSR count). The van der Waals surface area contributed by atoms with Crippen LogP contribution in [0.5, 0.6) is 0 Å². The maximum atomic E-state index is 13.0. The van der Waals surface area contributed by atoms with Gasteiger partial charge in [0.25, 0.3) is 0 Å². The lowest BCUT2D eigenvalue weighted by Crippen LogP contribution is -2.63. The summed E-state index contributed by atoms with van der Waals surface area (Å²) in [5.41, 5.74) is -6.51. The smallest absolute Gasteiger partial charge is 0.444 e. The van der Waals surface area contributed by atoms with E-state index < -0.39 is 64.2 Å². The predicted molar refractivity (Wildman–Crippen MR) is 114 cm³/mol. The van der Waals surface area contributed by atoms with Gasteiger partial charge in [-0.15, -0.1) is 0 Å². The number of amides is 3. The van der Waals surface area contributed by atoms with Crippen molar-refractivity contribution in [3.05, 3.63) is 23.4 Å². The maximum Gasteiger partial charge on any atom is 0.511 e. The maximum absolute atomic E-state index is 13.0. The number of alkyl halides is 3. The normalized spacial score (nSPS) is 19.7. The summed E-state index contributed by atoms with van der Waals surface area (Å²) in [5.74, 6) is -2.31. The van der Waals surface area contributed by atoms with Gasteiger partial charge in [0.15, 0.2) is 0 Å². The number of nitrogens with one attached hydrogen (secondary N) is 3. The zero-order chi connectivity index (χ0) is 25.9. The van der Waals surface area contributed by atoms with Crippen molar-refractivity contribution in [2.24, 2.45) is 0 Å². The summed E-state index contributed by atoms with van der Waals surface area (Å²) in [5, 5.41) is 7.07. The first-order valence-electron chi connectivity index (χ1n) is 9.79. The molecule has 1 aliphatic rings. The van der Waals surface area contributed by atoms with Crippen LogP contribution in [0.4, 0.5) is 23.8 Å². The molecule has 34 heavy (non-hydrogen) atoms. The molecule has 16 heteroatoms. The molecule has 11 nitrogen and oxygen atoms in total. The number of rotatable bonds is 4. The highest BCUT2D eigenvalue weighted by Gasteiger charge is 2.52. The molecule has 3 N–H and O–H groups in total. The van der Waals surface area contributed by atoms with Gasteiger partial charge in [0.1, 0.15) is 11.4 Å². The summed E-state index contributed by atoms with van der Waals surface area (Å²) in [6.07, 6.45) is -0.140. The van der Waals surface area contributed by atoms with Crippen LogP contribution in [0.15, 0.2) is 18.3 Å². The number of ether oxygens (including phenoxy) is 1. The van der Waals surface area contributed by atoms with Crippen molar-refractivity contribution in [1.29, 1.82) is 0 Å². The number of sulfonamides is 1. The number of piperidine rings is 1. The Balaban J connectivity index is 2.15. The Morgan fingerprint density at radius 3 is 2.29 bits per heavy atom. The molecule has 1 aromatic heterocycles. The van der Waals surface area contributed by atoms with Crippen LogP contribution >= 0.6 is 11.6 Å². The number of alkyl carbamates (subject to hydrolysis) is 1. The van der Waals surface area contributed by atoms with E-state index in [-0.39, 0.29) is 16.5 Å². The minimum absolute atomic E-state index is 0.0130. The third kappa shape index (κ3) is 7.43. The van der Waals surface area contributed by atoms with Crippen molar-refractivity contribution in [3.63, 3.8) is 0 Å². The fraction of sp³-hybridized carbons (Fsp3) is 0.556. The van der Waals surface area contributed by atoms with Crippen molar-refractivity contribution in [2.75, 3.05) is 18.4 Å². The lowest BCUT2D eigenvalue weighted by atomic mass is 10.0. The number of anilines is 1. The van der Waals surface area contributed by atoms with Gasteiger partial charge in [0.05, 0.1) is 17.1 Å².